The normalized spacial score (nSPS) is 22.1. The second-order valence-corrected chi connectivity index (χ2v) is 5.73. The molecule has 0 fully saturated rings. The van der Waals surface area contributed by atoms with E-state index in [0.29, 0.717) is 18.4 Å². The monoisotopic (exact) mass is 296 g/mol. The van der Waals surface area contributed by atoms with Gasteiger partial charge in [-0.1, -0.05) is 13.8 Å². The van der Waals surface area contributed by atoms with Crippen molar-refractivity contribution in [3.63, 3.8) is 0 Å². The fourth-order valence-corrected chi connectivity index (χ4v) is 2.62. The van der Waals surface area contributed by atoms with Gasteiger partial charge in [0.15, 0.2) is 0 Å². The number of aliphatic hydroxyl groups excluding tert-OH is 1. The zero-order valence-electron chi connectivity index (χ0n) is 12.0. The molecule has 114 valence electrons. The summed E-state index contributed by atoms with van der Waals surface area (Å²) in [4.78, 5) is 11.5. The molecule has 1 aromatic rings. The van der Waals surface area contributed by atoms with Crippen molar-refractivity contribution in [3.8, 4) is 0 Å². The van der Waals surface area contributed by atoms with Gasteiger partial charge in [-0.2, -0.15) is 0 Å². The first-order valence-corrected chi connectivity index (χ1v) is 6.88. The summed E-state index contributed by atoms with van der Waals surface area (Å²) in [6, 6.07) is 3.34. The topological polar surface area (TPSA) is 46.5 Å². The number of hydrogen-bond donors (Lipinski definition) is 1. The van der Waals surface area contributed by atoms with Gasteiger partial charge in [-0.25, -0.2) is 13.6 Å². The summed E-state index contributed by atoms with van der Waals surface area (Å²) in [7, 11) is 0. The fourth-order valence-electron chi connectivity index (χ4n) is 2.62. The summed E-state index contributed by atoms with van der Waals surface area (Å²) in [5.41, 5.74) is -0.351. The predicted molar refractivity (Wildman–Crippen MR) is 73.7 cm³/mol. The highest BCUT2D eigenvalue weighted by atomic mass is 19.1. The first kappa shape index (κ1) is 15.5. The molecule has 0 spiro atoms. The molecule has 1 aliphatic heterocycles. The number of carbonyl (C=O) groups excluding carboxylic acids is 1. The van der Waals surface area contributed by atoms with Crippen LogP contribution in [-0.2, 0) is 16.0 Å². The number of benzene rings is 1. The van der Waals surface area contributed by atoms with Gasteiger partial charge >= 0.3 is 5.97 Å². The van der Waals surface area contributed by atoms with Crippen molar-refractivity contribution in [1.29, 1.82) is 0 Å². The molecule has 5 heteroatoms. The van der Waals surface area contributed by atoms with E-state index in [1.807, 2.05) is 13.8 Å². The summed E-state index contributed by atoms with van der Waals surface area (Å²) in [6.45, 7) is 3.77. The standard InChI is InChI=1S/C16H18F2O3/c1-10(2)16(9-14(19)8-15(20)21-16)4-3-11-5-12(17)7-13(18)6-11/h5-8,10,19H,3-4,9H2,1-2H3/t16-/m0/s1. The molecule has 0 unspecified atom stereocenters. The lowest BCUT2D eigenvalue weighted by molar-refractivity contribution is -0.163. The lowest BCUT2D eigenvalue weighted by Gasteiger charge is -2.39. The zero-order valence-corrected chi connectivity index (χ0v) is 12.0. The SMILES string of the molecule is CC(C)[C@]1(CCc2cc(F)cc(F)c2)CC(O)=CC(=O)O1. The van der Waals surface area contributed by atoms with Crippen molar-refractivity contribution < 1.29 is 23.4 Å². The maximum atomic E-state index is 13.2. The maximum Gasteiger partial charge on any atom is 0.334 e. The fraction of sp³-hybridized carbons (Fsp3) is 0.438. The Morgan fingerprint density at radius 3 is 2.43 bits per heavy atom. The number of esters is 1. The van der Waals surface area contributed by atoms with E-state index in [0.717, 1.165) is 12.1 Å². The molecular formula is C16H18F2O3. The summed E-state index contributed by atoms with van der Waals surface area (Å²) < 4.78 is 31.8. The van der Waals surface area contributed by atoms with Crippen molar-refractivity contribution in [3.05, 3.63) is 47.2 Å². The Morgan fingerprint density at radius 1 is 1.29 bits per heavy atom. The van der Waals surface area contributed by atoms with Gasteiger partial charge in [-0.3, -0.25) is 0 Å². The number of aryl methyl sites for hydroxylation is 1. The van der Waals surface area contributed by atoms with Gasteiger partial charge in [0.2, 0.25) is 0 Å². The average Bonchev–Trinajstić information content (AvgIpc) is 2.34. The van der Waals surface area contributed by atoms with E-state index in [-0.39, 0.29) is 18.1 Å². The van der Waals surface area contributed by atoms with E-state index in [9.17, 15) is 18.7 Å². The highest BCUT2D eigenvalue weighted by Gasteiger charge is 2.41. The third-order valence-electron chi connectivity index (χ3n) is 3.88. The Hall–Kier alpha value is -1.91. The van der Waals surface area contributed by atoms with Gasteiger partial charge in [0, 0.05) is 12.5 Å². The minimum atomic E-state index is -0.849. The molecule has 0 aromatic heterocycles. The van der Waals surface area contributed by atoms with Crippen LogP contribution in [0.15, 0.2) is 30.0 Å². The van der Waals surface area contributed by atoms with Crippen LogP contribution in [0.25, 0.3) is 0 Å². The number of cyclic esters (lactones) is 1. The predicted octanol–water partition coefficient (Wildman–Crippen LogP) is 3.68. The molecule has 1 aromatic carbocycles. The molecule has 0 aliphatic carbocycles. The molecule has 1 N–H and O–H groups in total. The van der Waals surface area contributed by atoms with Gasteiger partial charge in [0.05, 0.1) is 6.08 Å². The first-order valence-electron chi connectivity index (χ1n) is 6.88. The van der Waals surface area contributed by atoms with Crippen molar-refractivity contribution in [2.75, 3.05) is 0 Å². The molecule has 1 aliphatic rings. The number of hydrogen-bond acceptors (Lipinski definition) is 3. The molecule has 1 atom stereocenters. The number of ether oxygens (including phenoxy) is 1. The zero-order chi connectivity index (χ0) is 15.6. The molecule has 2 rings (SSSR count). The van der Waals surface area contributed by atoms with Gasteiger partial charge in [-0.15, -0.1) is 0 Å². The number of aliphatic hydroxyl groups is 1. The smallest absolute Gasteiger partial charge is 0.334 e. The third-order valence-corrected chi connectivity index (χ3v) is 3.88. The van der Waals surface area contributed by atoms with Crippen molar-refractivity contribution in [2.24, 2.45) is 5.92 Å². The van der Waals surface area contributed by atoms with Crippen LogP contribution in [0.3, 0.4) is 0 Å². The van der Waals surface area contributed by atoms with E-state index in [4.69, 9.17) is 4.74 Å². The average molecular weight is 296 g/mol. The van der Waals surface area contributed by atoms with Crippen LogP contribution < -0.4 is 0 Å². The molecule has 21 heavy (non-hydrogen) atoms. The molecule has 3 nitrogen and oxygen atoms in total. The Kier molecular flexibility index (Phi) is 4.30. The second kappa shape index (κ2) is 5.84. The quantitative estimate of drug-likeness (QED) is 0.862. The molecule has 0 saturated heterocycles. The summed E-state index contributed by atoms with van der Waals surface area (Å²) in [5, 5.41) is 9.69. The van der Waals surface area contributed by atoms with Crippen LogP contribution in [0.4, 0.5) is 8.78 Å². The minimum Gasteiger partial charge on any atom is -0.512 e. The van der Waals surface area contributed by atoms with Gasteiger partial charge in [0.25, 0.3) is 0 Å². The molecule has 0 bridgehead atoms. The van der Waals surface area contributed by atoms with Gasteiger partial charge in [0.1, 0.15) is 23.0 Å². The van der Waals surface area contributed by atoms with E-state index >= 15 is 0 Å². The van der Waals surface area contributed by atoms with Crippen LogP contribution >= 0.6 is 0 Å². The second-order valence-electron chi connectivity index (χ2n) is 5.73. The van der Waals surface area contributed by atoms with Crippen molar-refractivity contribution >= 4 is 5.97 Å². The highest BCUT2D eigenvalue weighted by Crippen LogP contribution is 2.36. The first-order chi connectivity index (χ1) is 9.80. The lowest BCUT2D eigenvalue weighted by atomic mass is 9.80. The molecule has 0 radical (unpaired) electrons. The largest absolute Gasteiger partial charge is 0.512 e. The summed E-state index contributed by atoms with van der Waals surface area (Å²) in [6.07, 6.45) is 2.02. The number of carbonyl (C=O) groups is 1. The summed E-state index contributed by atoms with van der Waals surface area (Å²) >= 11 is 0. The molecule has 0 amide bonds. The van der Waals surface area contributed by atoms with E-state index in [1.165, 1.54) is 12.1 Å². The van der Waals surface area contributed by atoms with Crippen LogP contribution in [0.5, 0.6) is 0 Å². The van der Waals surface area contributed by atoms with Crippen molar-refractivity contribution in [1.82, 2.24) is 0 Å². The maximum absolute atomic E-state index is 13.2. The van der Waals surface area contributed by atoms with Crippen LogP contribution in [0.2, 0.25) is 0 Å². The number of halogens is 2. The van der Waals surface area contributed by atoms with Crippen LogP contribution in [0.1, 0.15) is 32.3 Å². The Morgan fingerprint density at radius 2 is 1.90 bits per heavy atom. The van der Waals surface area contributed by atoms with Crippen molar-refractivity contribution in [2.45, 2.75) is 38.7 Å². The number of rotatable bonds is 4. The Bertz CT molecular complexity index is 561. The summed E-state index contributed by atoms with van der Waals surface area (Å²) in [5.74, 6) is -1.90. The van der Waals surface area contributed by atoms with Crippen LogP contribution in [0, 0.1) is 17.6 Å². The third kappa shape index (κ3) is 3.60. The lowest BCUT2D eigenvalue weighted by Crippen LogP contribution is -2.43. The van der Waals surface area contributed by atoms with E-state index < -0.39 is 23.2 Å². The molecular weight excluding hydrogens is 278 g/mol. The van der Waals surface area contributed by atoms with Crippen LogP contribution in [-0.4, -0.2) is 16.7 Å². The molecule has 1 heterocycles. The minimum absolute atomic E-state index is 0.0228. The van der Waals surface area contributed by atoms with Gasteiger partial charge in [-0.05, 0) is 36.5 Å². The van der Waals surface area contributed by atoms with E-state index in [1.54, 1.807) is 0 Å². The Balaban J connectivity index is 2.18. The van der Waals surface area contributed by atoms with Gasteiger partial charge < -0.3 is 9.84 Å². The highest BCUT2D eigenvalue weighted by molar-refractivity contribution is 5.83. The molecule has 0 saturated carbocycles. The Labute approximate surface area is 122 Å². The van der Waals surface area contributed by atoms with E-state index in [2.05, 4.69) is 0 Å².